The Labute approximate surface area is 119 Å². The van der Waals surface area contributed by atoms with Gasteiger partial charge in [0.05, 0.1) is 11.1 Å². The van der Waals surface area contributed by atoms with Gasteiger partial charge in [0.25, 0.3) is 11.8 Å². The fraction of sp³-hybridized carbons (Fsp3) is 0.412. The molecule has 0 N–H and O–H groups in total. The molecule has 3 rings (SSSR count). The average molecular weight is 269 g/mol. The Morgan fingerprint density at radius 3 is 2.10 bits per heavy atom. The molecule has 104 valence electrons. The standard InChI is InChI=1S/C17H19NO2/c1-3-17(2)10-8-12(9-11-17)18-15(19)13-6-4-5-7-14(13)16(18)20/h3-7,12H,1,8-11H2,2H3. The molecular weight excluding hydrogens is 250 g/mol. The summed E-state index contributed by atoms with van der Waals surface area (Å²) in [5.41, 5.74) is 1.25. The molecule has 0 saturated heterocycles. The molecule has 2 amide bonds. The van der Waals surface area contributed by atoms with Gasteiger partial charge in [-0.05, 0) is 43.2 Å². The minimum atomic E-state index is -0.127. The van der Waals surface area contributed by atoms with E-state index in [1.54, 1.807) is 12.1 Å². The highest BCUT2D eigenvalue weighted by atomic mass is 16.2. The smallest absolute Gasteiger partial charge is 0.261 e. The summed E-state index contributed by atoms with van der Waals surface area (Å²) in [4.78, 5) is 26.3. The zero-order chi connectivity index (χ0) is 14.3. The van der Waals surface area contributed by atoms with E-state index in [1.165, 1.54) is 4.90 Å². The highest BCUT2D eigenvalue weighted by Crippen LogP contribution is 2.40. The van der Waals surface area contributed by atoms with Crippen molar-refractivity contribution in [3.05, 3.63) is 48.0 Å². The third-order valence-corrected chi connectivity index (χ3v) is 4.78. The lowest BCUT2D eigenvalue weighted by Crippen LogP contribution is -2.43. The minimum Gasteiger partial charge on any atom is -0.271 e. The maximum Gasteiger partial charge on any atom is 0.261 e. The van der Waals surface area contributed by atoms with Crippen molar-refractivity contribution in [1.29, 1.82) is 0 Å². The van der Waals surface area contributed by atoms with E-state index in [0.717, 1.165) is 25.7 Å². The molecule has 0 aromatic heterocycles. The predicted octanol–water partition coefficient (Wildman–Crippen LogP) is 3.42. The van der Waals surface area contributed by atoms with Crippen molar-refractivity contribution in [3.8, 4) is 0 Å². The predicted molar refractivity (Wildman–Crippen MR) is 77.5 cm³/mol. The number of fused-ring (bicyclic) bond motifs is 1. The first-order valence-corrected chi connectivity index (χ1v) is 7.16. The van der Waals surface area contributed by atoms with E-state index in [-0.39, 0.29) is 23.3 Å². The molecule has 20 heavy (non-hydrogen) atoms. The summed E-state index contributed by atoms with van der Waals surface area (Å²) < 4.78 is 0. The maximum atomic E-state index is 12.4. The molecule has 0 spiro atoms. The van der Waals surface area contributed by atoms with Crippen LogP contribution < -0.4 is 0 Å². The van der Waals surface area contributed by atoms with Gasteiger partial charge in [-0.15, -0.1) is 6.58 Å². The van der Waals surface area contributed by atoms with Crippen LogP contribution in [0.1, 0.15) is 53.3 Å². The summed E-state index contributed by atoms with van der Waals surface area (Å²) in [6.07, 6.45) is 5.71. The van der Waals surface area contributed by atoms with E-state index in [4.69, 9.17) is 0 Å². The highest BCUT2D eigenvalue weighted by Gasteiger charge is 2.42. The van der Waals surface area contributed by atoms with E-state index in [1.807, 2.05) is 18.2 Å². The zero-order valence-corrected chi connectivity index (χ0v) is 11.8. The van der Waals surface area contributed by atoms with E-state index in [0.29, 0.717) is 11.1 Å². The number of nitrogens with zero attached hydrogens (tertiary/aromatic N) is 1. The third-order valence-electron chi connectivity index (χ3n) is 4.78. The Kier molecular flexibility index (Phi) is 3.00. The van der Waals surface area contributed by atoms with Gasteiger partial charge in [0.2, 0.25) is 0 Å². The Balaban J connectivity index is 1.82. The van der Waals surface area contributed by atoms with Crippen molar-refractivity contribution in [2.75, 3.05) is 0 Å². The normalized spacial score (nSPS) is 29.4. The second kappa shape index (κ2) is 4.58. The van der Waals surface area contributed by atoms with Crippen molar-refractivity contribution in [3.63, 3.8) is 0 Å². The zero-order valence-electron chi connectivity index (χ0n) is 11.8. The van der Waals surface area contributed by atoms with Crippen LogP contribution in [0.4, 0.5) is 0 Å². The first-order chi connectivity index (χ1) is 9.56. The second-order valence-electron chi connectivity index (χ2n) is 6.12. The first-order valence-electron chi connectivity index (χ1n) is 7.16. The number of hydrogen-bond acceptors (Lipinski definition) is 2. The van der Waals surface area contributed by atoms with Crippen LogP contribution in [0.2, 0.25) is 0 Å². The van der Waals surface area contributed by atoms with Crippen LogP contribution >= 0.6 is 0 Å². The van der Waals surface area contributed by atoms with E-state index in [9.17, 15) is 9.59 Å². The number of benzene rings is 1. The maximum absolute atomic E-state index is 12.4. The number of amides is 2. The lowest BCUT2D eigenvalue weighted by atomic mass is 9.74. The Bertz CT molecular complexity index is 547. The summed E-state index contributed by atoms with van der Waals surface area (Å²) >= 11 is 0. The monoisotopic (exact) mass is 269 g/mol. The molecule has 0 atom stereocenters. The van der Waals surface area contributed by atoms with Crippen LogP contribution in [0.25, 0.3) is 0 Å². The van der Waals surface area contributed by atoms with E-state index >= 15 is 0 Å². The molecule has 1 aromatic carbocycles. The van der Waals surface area contributed by atoms with Gasteiger partial charge in [-0.2, -0.15) is 0 Å². The van der Waals surface area contributed by atoms with Gasteiger partial charge in [-0.1, -0.05) is 25.1 Å². The van der Waals surface area contributed by atoms with Gasteiger partial charge >= 0.3 is 0 Å². The number of imide groups is 1. The topological polar surface area (TPSA) is 37.4 Å². The largest absolute Gasteiger partial charge is 0.271 e. The summed E-state index contributed by atoms with van der Waals surface area (Å²) in [6, 6.07) is 7.14. The van der Waals surface area contributed by atoms with Crippen LogP contribution in [-0.2, 0) is 0 Å². The molecular formula is C17H19NO2. The average Bonchev–Trinajstić information content (AvgIpc) is 2.73. The van der Waals surface area contributed by atoms with Crippen LogP contribution in [0.15, 0.2) is 36.9 Å². The molecule has 1 aromatic rings. The summed E-state index contributed by atoms with van der Waals surface area (Å²) in [5, 5.41) is 0. The molecule has 1 aliphatic heterocycles. The lowest BCUT2D eigenvalue weighted by Gasteiger charge is -2.38. The van der Waals surface area contributed by atoms with Crippen LogP contribution in [0, 0.1) is 5.41 Å². The van der Waals surface area contributed by atoms with Gasteiger partial charge in [-0.3, -0.25) is 14.5 Å². The van der Waals surface area contributed by atoms with Crippen LogP contribution in [0.3, 0.4) is 0 Å². The number of hydrogen-bond donors (Lipinski definition) is 0. The highest BCUT2D eigenvalue weighted by molar-refractivity contribution is 6.21. The Morgan fingerprint density at radius 2 is 1.65 bits per heavy atom. The van der Waals surface area contributed by atoms with Crippen molar-refractivity contribution < 1.29 is 9.59 Å². The minimum absolute atomic E-state index is 0.0374. The van der Waals surface area contributed by atoms with Gasteiger partial charge in [0.15, 0.2) is 0 Å². The molecule has 2 aliphatic rings. The van der Waals surface area contributed by atoms with E-state index in [2.05, 4.69) is 13.5 Å². The van der Waals surface area contributed by atoms with Crippen LogP contribution in [-0.4, -0.2) is 22.8 Å². The Hall–Kier alpha value is -1.90. The number of rotatable bonds is 2. The van der Waals surface area contributed by atoms with Crippen molar-refractivity contribution >= 4 is 11.8 Å². The summed E-state index contributed by atoms with van der Waals surface area (Å²) in [7, 11) is 0. The van der Waals surface area contributed by atoms with Crippen molar-refractivity contribution in [2.24, 2.45) is 5.41 Å². The third kappa shape index (κ3) is 1.89. The molecule has 1 fully saturated rings. The lowest BCUT2D eigenvalue weighted by molar-refractivity contribution is 0.0510. The summed E-state index contributed by atoms with van der Waals surface area (Å²) in [5.74, 6) is -0.254. The van der Waals surface area contributed by atoms with Gasteiger partial charge in [0.1, 0.15) is 0 Å². The fourth-order valence-corrected chi connectivity index (χ4v) is 3.26. The number of carbonyl (C=O) groups excluding carboxylic acids is 2. The van der Waals surface area contributed by atoms with Gasteiger partial charge in [0, 0.05) is 6.04 Å². The summed E-state index contributed by atoms with van der Waals surface area (Å²) in [6.45, 7) is 6.09. The first kappa shape index (κ1) is 13.1. The van der Waals surface area contributed by atoms with E-state index < -0.39 is 0 Å². The molecule has 1 aliphatic carbocycles. The fourth-order valence-electron chi connectivity index (χ4n) is 3.26. The van der Waals surface area contributed by atoms with Crippen molar-refractivity contribution in [2.45, 2.75) is 38.6 Å². The SMILES string of the molecule is C=CC1(C)CCC(N2C(=O)c3ccccc3C2=O)CC1. The Morgan fingerprint density at radius 1 is 1.15 bits per heavy atom. The molecule has 0 radical (unpaired) electrons. The molecule has 1 heterocycles. The molecule has 3 nitrogen and oxygen atoms in total. The van der Waals surface area contributed by atoms with Crippen LogP contribution in [0.5, 0.6) is 0 Å². The molecule has 3 heteroatoms. The second-order valence-corrected chi connectivity index (χ2v) is 6.12. The quantitative estimate of drug-likeness (QED) is 0.609. The number of allylic oxidation sites excluding steroid dienone is 1. The number of carbonyl (C=O) groups is 2. The van der Waals surface area contributed by atoms with Gasteiger partial charge < -0.3 is 0 Å². The molecule has 0 unspecified atom stereocenters. The van der Waals surface area contributed by atoms with Gasteiger partial charge in [-0.25, -0.2) is 0 Å². The van der Waals surface area contributed by atoms with Crippen molar-refractivity contribution in [1.82, 2.24) is 4.90 Å². The molecule has 0 bridgehead atoms. The molecule has 1 saturated carbocycles.